The first-order valence-corrected chi connectivity index (χ1v) is 8.01. The summed E-state index contributed by atoms with van der Waals surface area (Å²) in [5.41, 5.74) is -0.213. The van der Waals surface area contributed by atoms with Gasteiger partial charge in [0.1, 0.15) is 6.10 Å². The molecule has 0 aliphatic heterocycles. The van der Waals surface area contributed by atoms with Crippen LogP contribution < -0.4 is 5.56 Å². The Morgan fingerprint density at radius 3 is 2.75 bits per heavy atom. The zero-order valence-electron chi connectivity index (χ0n) is 14.0. The lowest BCUT2D eigenvalue weighted by Gasteiger charge is -2.24. The normalized spacial score (nSPS) is 12.6. The van der Waals surface area contributed by atoms with E-state index in [-0.39, 0.29) is 5.56 Å². The van der Waals surface area contributed by atoms with Crippen LogP contribution in [0, 0.1) is 21.5 Å². The predicted octanol–water partition coefficient (Wildman–Crippen LogP) is 3.17. The van der Waals surface area contributed by atoms with E-state index in [9.17, 15) is 9.59 Å². The van der Waals surface area contributed by atoms with Crippen LogP contribution in [0.25, 0.3) is 10.9 Å². The third-order valence-corrected chi connectivity index (χ3v) is 4.44. The van der Waals surface area contributed by atoms with Gasteiger partial charge in [-0.1, -0.05) is 0 Å². The molecule has 6 nitrogen and oxygen atoms in total. The van der Waals surface area contributed by atoms with Gasteiger partial charge in [0.05, 0.1) is 28.0 Å². The molecule has 1 aromatic heterocycles. The second kappa shape index (κ2) is 6.57. The highest BCUT2D eigenvalue weighted by Crippen LogP contribution is 2.23. The van der Waals surface area contributed by atoms with Gasteiger partial charge < -0.3 is 9.72 Å². The van der Waals surface area contributed by atoms with E-state index in [1.807, 2.05) is 6.92 Å². The fourth-order valence-corrected chi connectivity index (χ4v) is 2.46. The number of rotatable bonds is 4. The number of carbonyl (C=O) groups excluding carboxylic acids is 1. The molecule has 0 unspecified atom stereocenters. The average molecular weight is 345 g/mol. The van der Waals surface area contributed by atoms with Crippen LogP contribution >= 0.6 is 12.2 Å². The summed E-state index contributed by atoms with van der Waals surface area (Å²) in [4.78, 5) is 27.6. The van der Waals surface area contributed by atoms with Gasteiger partial charge in [-0.3, -0.25) is 9.36 Å². The Labute approximate surface area is 144 Å². The lowest BCUT2D eigenvalue weighted by molar-refractivity contribution is 0.0129. The molecule has 0 saturated heterocycles. The second-order valence-corrected chi connectivity index (χ2v) is 6.51. The quantitative estimate of drug-likeness (QED) is 0.679. The molecule has 126 valence electrons. The average Bonchev–Trinajstić information content (AvgIpc) is 2.54. The highest BCUT2D eigenvalue weighted by atomic mass is 32.1. The van der Waals surface area contributed by atoms with Crippen LogP contribution in [0.4, 0.5) is 0 Å². The van der Waals surface area contributed by atoms with Crippen LogP contribution in [0.2, 0.25) is 0 Å². The van der Waals surface area contributed by atoms with Crippen LogP contribution in [0.1, 0.15) is 38.1 Å². The molecule has 1 N–H and O–H groups in total. The van der Waals surface area contributed by atoms with E-state index in [1.54, 1.807) is 32.9 Å². The highest BCUT2D eigenvalue weighted by Gasteiger charge is 2.29. The molecule has 1 heterocycles. The summed E-state index contributed by atoms with van der Waals surface area (Å²) in [6.07, 6.45) is -0.572. The van der Waals surface area contributed by atoms with Gasteiger partial charge in [0, 0.05) is 6.54 Å². The molecule has 1 aromatic carbocycles. The molecule has 0 aliphatic carbocycles. The third-order valence-electron chi connectivity index (χ3n) is 4.12. The van der Waals surface area contributed by atoms with Crippen molar-refractivity contribution in [3.63, 3.8) is 0 Å². The Morgan fingerprint density at radius 2 is 2.17 bits per heavy atom. The number of carbonyl (C=O) groups is 1. The van der Waals surface area contributed by atoms with E-state index in [4.69, 9.17) is 22.2 Å². The van der Waals surface area contributed by atoms with Crippen LogP contribution in [-0.2, 0) is 11.3 Å². The lowest BCUT2D eigenvalue weighted by atomic mass is 9.89. The summed E-state index contributed by atoms with van der Waals surface area (Å²) in [5, 5.41) is 9.56. The van der Waals surface area contributed by atoms with Crippen LogP contribution in [0.3, 0.4) is 0 Å². The molecular formula is C17H19N3O3S. The van der Waals surface area contributed by atoms with Crippen LogP contribution in [-0.4, -0.2) is 21.6 Å². The fourth-order valence-electron chi connectivity index (χ4n) is 2.14. The van der Waals surface area contributed by atoms with Crippen LogP contribution in [0.5, 0.6) is 0 Å². The molecule has 0 fully saturated rings. The summed E-state index contributed by atoms with van der Waals surface area (Å²) >= 11 is 5.16. The first kappa shape index (κ1) is 17.9. The van der Waals surface area contributed by atoms with Gasteiger partial charge in [-0.05, 0) is 58.1 Å². The van der Waals surface area contributed by atoms with Crippen molar-refractivity contribution in [2.75, 3.05) is 0 Å². The topological polar surface area (TPSA) is 87.9 Å². The highest BCUT2D eigenvalue weighted by molar-refractivity contribution is 7.71. The zero-order chi connectivity index (χ0) is 18.1. The number of aromatic nitrogens is 2. The second-order valence-electron chi connectivity index (χ2n) is 6.12. The van der Waals surface area contributed by atoms with Gasteiger partial charge in [-0.15, -0.1) is 0 Å². The van der Waals surface area contributed by atoms with E-state index in [2.05, 4.69) is 11.1 Å². The maximum atomic E-state index is 12.3. The van der Waals surface area contributed by atoms with E-state index in [1.165, 1.54) is 10.6 Å². The fraction of sp³-hybridized carbons (Fsp3) is 0.412. The van der Waals surface area contributed by atoms with Gasteiger partial charge >= 0.3 is 5.97 Å². The Kier molecular flexibility index (Phi) is 4.90. The maximum absolute atomic E-state index is 12.3. The first-order chi connectivity index (χ1) is 11.2. The smallest absolute Gasteiger partial charge is 0.338 e. The number of H-pyrrole nitrogens is 1. The Balaban J connectivity index is 2.42. The minimum absolute atomic E-state index is 0.199. The predicted molar refractivity (Wildman–Crippen MR) is 93.3 cm³/mol. The Bertz CT molecular complexity index is 950. The molecule has 2 rings (SSSR count). The largest absolute Gasteiger partial charge is 0.457 e. The monoisotopic (exact) mass is 345 g/mol. The maximum Gasteiger partial charge on any atom is 0.338 e. The van der Waals surface area contributed by atoms with E-state index >= 15 is 0 Å². The van der Waals surface area contributed by atoms with Gasteiger partial charge in [0.2, 0.25) is 0 Å². The minimum atomic E-state index is -0.790. The summed E-state index contributed by atoms with van der Waals surface area (Å²) in [7, 11) is 0. The molecule has 2 aromatic rings. The number of ether oxygens (including phenoxy) is 1. The number of benzene rings is 1. The van der Waals surface area contributed by atoms with Crippen molar-refractivity contribution in [1.82, 2.24) is 9.55 Å². The minimum Gasteiger partial charge on any atom is -0.457 e. The number of aromatic amines is 1. The molecule has 0 saturated carbocycles. The Hall–Kier alpha value is -2.46. The van der Waals surface area contributed by atoms with Crippen molar-refractivity contribution in [3.05, 3.63) is 38.9 Å². The first-order valence-electron chi connectivity index (χ1n) is 7.60. The summed E-state index contributed by atoms with van der Waals surface area (Å²) in [6, 6.07) is 6.77. The summed E-state index contributed by atoms with van der Waals surface area (Å²) < 4.78 is 7.12. The number of nitriles is 1. The van der Waals surface area contributed by atoms with Gasteiger partial charge in [-0.25, -0.2) is 4.79 Å². The molecule has 0 aliphatic rings. The van der Waals surface area contributed by atoms with Crippen LogP contribution in [0.15, 0.2) is 23.0 Å². The lowest BCUT2D eigenvalue weighted by Crippen LogP contribution is -2.30. The zero-order valence-corrected chi connectivity index (χ0v) is 14.9. The molecule has 0 spiro atoms. The van der Waals surface area contributed by atoms with Gasteiger partial charge in [0.15, 0.2) is 4.77 Å². The number of esters is 1. The van der Waals surface area contributed by atoms with E-state index in [0.717, 1.165) is 0 Å². The van der Waals surface area contributed by atoms with E-state index in [0.29, 0.717) is 27.8 Å². The molecule has 0 bridgehead atoms. The molecule has 7 heteroatoms. The third kappa shape index (κ3) is 3.24. The number of nitrogens with one attached hydrogen (secondary N) is 1. The number of fused-ring (bicyclic) bond motifs is 1. The van der Waals surface area contributed by atoms with E-state index < -0.39 is 17.5 Å². The van der Waals surface area contributed by atoms with Gasteiger partial charge in [-0.2, -0.15) is 5.26 Å². The standard InChI is InChI=1S/C17H19N3O3S/c1-5-20-14(21)12-7-6-11(8-13(12)19-16(20)24)15(22)23-10(2)17(3,4)9-18/h6-8,10H,5H2,1-4H3,(H,19,24)/t10-/m1/s1. The molecular weight excluding hydrogens is 326 g/mol. The Morgan fingerprint density at radius 1 is 1.50 bits per heavy atom. The molecule has 0 amide bonds. The van der Waals surface area contributed by atoms with Crippen molar-refractivity contribution in [1.29, 1.82) is 5.26 Å². The number of nitrogens with zero attached hydrogens (tertiary/aromatic N) is 2. The molecule has 24 heavy (non-hydrogen) atoms. The SMILES string of the molecule is CCn1c(=S)[nH]c2cc(C(=O)O[C@H](C)C(C)(C)C#N)ccc2c1=O. The number of hydrogen-bond acceptors (Lipinski definition) is 5. The van der Waals surface area contributed by atoms with Crippen molar-refractivity contribution >= 4 is 29.1 Å². The molecule has 0 radical (unpaired) electrons. The van der Waals surface area contributed by atoms with Gasteiger partial charge in [0.25, 0.3) is 5.56 Å². The van der Waals surface area contributed by atoms with Crippen molar-refractivity contribution in [2.45, 2.75) is 40.3 Å². The van der Waals surface area contributed by atoms with Crippen molar-refractivity contribution in [2.24, 2.45) is 5.41 Å². The summed E-state index contributed by atoms with van der Waals surface area (Å²) in [6.45, 7) is 7.39. The molecule has 1 atom stereocenters. The summed E-state index contributed by atoms with van der Waals surface area (Å²) in [5.74, 6) is -0.549. The number of hydrogen-bond donors (Lipinski definition) is 1. The van der Waals surface area contributed by atoms with Crippen molar-refractivity contribution in [3.8, 4) is 6.07 Å². The van der Waals surface area contributed by atoms with Crippen molar-refractivity contribution < 1.29 is 9.53 Å².